The predicted octanol–water partition coefficient (Wildman–Crippen LogP) is 3.44. The Kier molecular flexibility index (Phi) is 5.50. The van der Waals surface area contributed by atoms with E-state index in [0.717, 1.165) is 0 Å². The van der Waals surface area contributed by atoms with E-state index < -0.39 is 0 Å². The van der Waals surface area contributed by atoms with Crippen molar-refractivity contribution in [2.75, 3.05) is 14.2 Å². The summed E-state index contributed by atoms with van der Waals surface area (Å²) in [6.45, 7) is 5.94. The molecule has 2 aromatic carbocycles. The van der Waals surface area contributed by atoms with E-state index in [-0.39, 0.29) is 17.0 Å². The number of hydrogen-bond acceptors (Lipinski definition) is 6. The normalized spacial score (nSPS) is 11.8. The topological polar surface area (TPSA) is 85.1 Å². The summed E-state index contributed by atoms with van der Waals surface area (Å²) >= 11 is 0. The van der Waals surface area contributed by atoms with Crippen molar-refractivity contribution in [3.63, 3.8) is 0 Å². The Labute approximate surface area is 169 Å². The Morgan fingerprint density at radius 1 is 1.03 bits per heavy atom. The van der Waals surface area contributed by atoms with Crippen molar-refractivity contribution in [1.82, 2.24) is 9.99 Å². The minimum Gasteiger partial charge on any atom is -0.494 e. The van der Waals surface area contributed by atoms with E-state index in [2.05, 4.69) is 10.5 Å². The second-order valence-corrected chi connectivity index (χ2v) is 7.58. The monoisotopic (exact) mass is 395 g/mol. The number of methoxy groups -OCH3 is 2. The largest absolute Gasteiger partial charge is 0.494 e. The van der Waals surface area contributed by atoms with Gasteiger partial charge in [0.2, 0.25) is 5.88 Å². The molecule has 7 nitrogen and oxygen atoms in total. The molecule has 0 saturated carbocycles. The molecule has 0 bridgehead atoms. The Morgan fingerprint density at radius 2 is 1.69 bits per heavy atom. The Balaban J connectivity index is 2.27. The molecule has 3 aromatic rings. The first kappa shape index (κ1) is 20.3. The number of aromatic hydroxyl groups is 1. The van der Waals surface area contributed by atoms with E-state index in [1.807, 2.05) is 26.8 Å². The second-order valence-electron chi connectivity index (χ2n) is 7.58. The lowest BCUT2D eigenvalue weighted by molar-refractivity contribution is 0.354. The van der Waals surface area contributed by atoms with Crippen LogP contribution < -0.4 is 20.5 Å². The molecular weight excluding hydrogens is 370 g/mol. The summed E-state index contributed by atoms with van der Waals surface area (Å²) in [4.78, 5) is 13.2. The van der Waals surface area contributed by atoms with Crippen molar-refractivity contribution in [2.24, 2.45) is 5.10 Å². The van der Waals surface area contributed by atoms with E-state index in [1.54, 1.807) is 36.4 Å². The zero-order valence-electron chi connectivity index (χ0n) is 17.2. The SMILES string of the molecule is COc1ccc(-n2c(O)c(/C=N/NC(C)(C)C)c3ccccc3c2=O)cc1OC. The van der Waals surface area contributed by atoms with Gasteiger partial charge in [-0.3, -0.25) is 4.79 Å². The lowest BCUT2D eigenvalue weighted by Crippen LogP contribution is -2.31. The molecule has 0 aliphatic rings. The van der Waals surface area contributed by atoms with Gasteiger partial charge in [-0.25, -0.2) is 4.57 Å². The van der Waals surface area contributed by atoms with Gasteiger partial charge in [-0.15, -0.1) is 0 Å². The fourth-order valence-electron chi connectivity index (χ4n) is 2.98. The van der Waals surface area contributed by atoms with Crippen LogP contribution in [0.15, 0.2) is 52.4 Å². The van der Waals surface area contributed by atoms with Gasteiger partial charge in [-0.2, -0.15) is 5.10 Å². The summed E-state index contributed by atoms with van der Waals surface area (Å²) in [7, 11) is 3.05. The van der Waals surface area contributed by atoms with Gasteiger partial charge >= 0.3 is 0 Å². The highest BCUT2D eigenvalue weighted by Gasteiger charge is 2.18. The van der Waals surface area contributed by atoms with Crippen LogP contribution in [0.5, 0.6) is 17.4 Å². The Hall–Kier alpha value is -3.48. The van der Waals surface area contributed by atoms with Gasteiger partial charge in [0.25, 0.3) is 5.56 Å². The quantitative estimate of drug-likeness (QED) is 0.511. The molecule has 0 aliphatic carbocycles. The van der Waals surface area contributed by atoms with Crippen LogP contribution in [0.25, 0.3) is 16.5 Å². The number of nitrogens with one attached hydrogen (secondary N) is 1. The minimum absolute atomic E-state index is 0.208. The molecule has 7 heteroatoms. The van der Waals surface area contributed by atoms with E-state index >= 15 is 0 Å². The predicted molar refractivity (Wildman–Crippen MR) is 115 cm³/mol. The van der Waals surface area contributed by atoms with Crippen LogP contribution in [0.3, 0.4) is 0 Å². The maximum Gasteiger partial charge on any atom is 0.265 e. The highest BCUT2D eigenvalue weighted by Crippen LogP contribution is 2.32. The summed E-state index contributed by atoms with van der Waals surface area (Å²) < 4.78 is 11.8. The fourth-order valence-corrected chi connectivity index (χ4v) is 2.98. The van der Waals surface area contributed by atoms with Crippen LogP contribution >= 0.6 is 0 Å². The number of rotatable bonds is 5. The molecule has 0 unspecified atom stereocenters. The number of pyridine rings is 1. The van der Waals surface area contributed by atoms with Crippen LogP contribution in [-0.4, -0.2) is 35.6 Å². The summed E-state index contributed by atoms with van der Waals surface area (Å²) in [5.74, 6) is 0.773. The van der Waals surface area contributed by atoms with Crippen LogP contribution in [0.4, 0.5) is 0 Å². The number of benzene rings is 2. The van der Waals surface area contributed by atoms with Gasteiger partial charge in [-0.05, 0) is 39.0 Å². The van der Waals surface area contributed by atoms with Crippen LogP contribution in [0.1, 0.15) is 26.3 Å². The summed E-state index contributed by atoms with van der Waals surface area (Å²) in [5, 5.41) is 16.4. The van der Waals surface area contributed by atoms with Crippen LogP contribution in [0, 0.1) is 0 Å². The van der Waals surface area contributed by atoms with Gasteiger partial charge in [0, 0.05) is 22.4 Å². The average Bonchev–Trinajstić information content (AvgIpc) is 2.69. The third-order valence-corrected chi connectivity index (χ3v) is 4.32. The van der Waals surface area contributed by atoms with Gasteiger partial charge in [0.05, 0.1) is 31.7 Å². The van der Waals surface area contributed by atoms with Gasteiger partial charge in [-0.1, -0.05) is 18.2 Å². The van der Waals surface area contributed by atoms with E-state index in [0.29, 0.717) is 33.5 Å². The molecule has 1 heterocycles. The van der Waals surface area contributed by atoms with Crippen molar-refractivity contribution in [2.45, 2.75) is 26.3 Å². The van der Waals surface area contributed by atoms with Gasteiger partial charge < -0.3 is 20.0 Å². The van der Waals surface area contributed by atoms with Gasteiger partial charge in [0.1, 0.15) is 0 Å². The standard InChI is InChI=1S/C22H25N3O4/c1-22(2,3)24-23-13-17-15-8-6-7-9-16(15)20(26)25(21(17)27)14-10-11-18(28-4)19(12-14)29-5/h6-13,24,27H,1-5H3/b23-13+. The van der Waals surface area contributed by atoms with Crippen molar-refractivity contribution in [1.29, 1.82) is 0 Å². The van der Waals surface area contributed by atoms with Crippen molar-refractivity contribution >= 4 is 17.0 Å². The third kappa shape index (κ3) is 4.03. The maximum absolute atomic E-state index is 13.2. The first-order chi connectivity index (χ1) is 13.8. The number of ether oxygens (including phenoxy) is 2. The third-order valence-electron chi connectivity index (χ3n) is 4.32. The molecule has 29 heavy (non-hydrogen) atoms. The van der Waals surface area contributed by atoms with Crippen molar-refractivity contribution in [3.8, 4) is 23.1 Å². The van der Waals surface area contributed by atoms with E-state index in [9.17, 15) is 9.90 Å². The lowest BCUT2D eigenvalue weighted by atomic mass is 10.1. The van der Waals surface area contributed by atoms with E-state index in [4.69, 9.17) is 9.47 Å². The molecule has 0 aliphatic heterocycles. The van der Waals surface area contributed by atoms with Gasteiger partial charge in [0.15, 0.2) is 11.5 Å². The number of nitrogens with zero attached hydrogens (tertiary/aromatic N) is 2. The Bertz CT molecular complexity index is 1130. The lowest BCUT2D eigenvalue weighted by Gasteiger charge is -2.18. The minimum atomic E-state index is -0.341. The smallest absolute Gasteiger partial charge is 0.265 e. The molecule has 0 radical (unpaired) electrons. The molecular formula is C22H25N3O4. The summed E-state index contributed by atoms with van der Waals surface area (Å²) in [5.41, 5.74) is 3.32. The molecule has 0 amide bonds. The Morgan fingerprint density at radius 3 is 2.31 bits per heavy atom. The zero-order chi connectivity index (χ0) is 21.2. The number of aromatic nitrogens is 1. The molecule has 0 atom stereocenters. The fraction of sp³-hybridized carbons (Fsp3) is 0.273. The first-order valence-electron chi connectivity index (χ1n) is 9.16. The first-order valence-corrected chi connectivity index (χ1v) is 9.16. The number of hydrogen-bond donors (Lipinski definition) is 2. The molecule has 2 N–H and O–H groups in total. The second kappa shape index (κ2) is 7.87. The maximum atomic E-state index is 13.2. The van der Waals surface area contributed by atoms with Crippen molar-refractivity contribution in [3.05, 3.63) is 58.4 Å². The highest BCUT2D eigenvalue weighted by molar-refractivity contribution is 6.01. The molecule has 0 fully saturated rings. The summed E-state index contributed by atoms with van der Waals surface area (Å²) in [6, 6.07) is 12.1. The van der Waals surface area contributed by atoms with E-state index in [1.165, 1.54) is 25.0 Å². The summed E-state index contributed by atoms with van der Waals surface area (Å²) in [6.07, 6.45) is 1.53. The van der Waals surface area contributed by atoms with Crippen LogP contribution in [0.2, 0.25) is 0 Å². The molecule has 0 saturated heterocycles. The number of fused-ring (bicyclic) bond motifs is 1. The van der Waals surface area contributed by atoms with Crippen LogP contribution in [-0.2, 0) is 0 Å². The average molecular weight is 395 g/mol. The zero-order valence-corrected chi connectivity index (χ0v) is 17.2. The molecule has 1 aromatic heterocycles. The highest BCUT2D eigenvalue weighted by atomic mass is 16.5. The number of hydrazone groups is 1. The van der Waals surface area contributed by atoms with Crippen molar-refractivity contribution < 1.29 is 14.6 Å². The molecule has 152 valence electrons. The molecule has 0 spiro atoms. The molecule has 3 rings (SSSR count).